The lowest BCUT2D eigenvalue weighted by molar-refractivity contribution is 0.446. The first-order valence-electron chi connectivity index (χ1n) is 7.53. The van der Waals surface area contributed by atoms with Gasteiger partial charge in [0, 0.05) is 12.5 Å². The fraction of sp³-hybridized carbons (Fsp3) is 0.556. The third-order valence-corrected chi connectivity index (χ3v) is 3.34. The summed E-state index contributed by atoms with van der Waals surface area (Å²) in [5, 5.41) is 3.65. The molecule has 0 spiro atoms. The zero-order valence-corrected chi connectivity index (χ0v) is 12.4. The highest BCUT2D eigenvalue weighted by atomic mass is 14.9. The molecule has 1 aromatic rings. The highest BCUT2D eigenvalue weighted by molar-refractivity contribution is 5.14. The molecular weight excluding hydrogens is 230 g/mol. The monoisotopic (exact) mass is 257 g/mol. The maximum Gasteiger partial charge on any atom is 0.0103 e. The highest BCUT2D eigenvalue weighted by Crippen LogP contribution is 2.10. The van der Waals surface area contributed by atoms with Gasteiger partial charge in [-0.15, -0.1) is 11.8 Å². The molecular formula is C18H27N. The molecule has 0 heterocycles. The first-order valence-corrected chi connectivity index (χ1v) is 7.53. The van der Waals surface area contributed by atoms with Crippen molar-refractivity contribution in [1.29, 1.82) is 0 Å². The molecule has 0 aliphatic heterocycles. The second-order valence-corrected chi connectivity index (χ2v) is 4.99. The molecule has 0 saturated heterocycles. The molecule has 0 saturated carbocycles. The summed E-state index contributed by atoms with van der Waals surface area (Å²) in [5.74, 6) is 6.16. The van der Waals surface area contributed by atoms with Gasteiger partial charge < -0.3 is 5.32 Å². The van der Waals surface area contributed by atoms with Gasteiger partial charge in [-0.05, 0) is 51.1 Å². The Kier molecular flexibility index (Phi) is 8.85. The highest BCUT2D eigenvalue weighted by Gasteiger charge is 2.06. The van der Waals surface area contributed by atoms with Gasteiger partial charge in [0.05, 0.1) is 0 Å². The van der Waals surface area contributed by atoms with E-state index in [9.17, 15) is 0 Å². The Hall–Kier alpha value is -1.26. The Morgan fingerprint density at radius 3 is 2.63 bits per heavy atom. The van der Waals surface area contributed by atoms with Crippen molar-refractivity contribution >= 4 is 0 Å². The summed E-state index contributed by atoms with van der Waals surface area (Å²) in [6, 6.07) is 11.4. The minimum absolute atomic E-state index is 0.629. The van der Waals surface area contributed by atoms with E-state index in [0.29, 0.717) is 6.04 Å². The first kappa shape index (κ1) is 15.8. The molecule has 104 valence electrons. The summed E-state index contributed by atoms with van der Waals surface area (Å²) in [4.78, 5) is 0. The fourth-order valence-corrected chi connectivity index (χ4v) is 2.27. The van der Waals surface area contributed by atoms with Crippen LogP contribution in [0.4, 0.5) is 0 Å². The van der Waals surface area contributed by atoms with E-state index < -0.39 is 0 Å². The molecule has 0 aromatic heterocycles. The zero-order chi connectivity index (χ0) is 13.8. The number of aryl methyl sites for hydroxylation is 1. The predicted molar refractivity (Wildman–Crippen MR) is 84.1 cm³/mol. The molecule has 0 aliphatic rings. The average molecular weight is 257 g/mol. The Morgan fingerprint density at radius 2 is 1.95 bits per heavy atom. The smallest absolute Gasteiger partial charge is 0.0103 e. The van der Waals surface area contributed by atoms with E-state index in [-0.39, 0.29) is 0 Å². The molecule has 19 heavy (non-hydrogen) atoms. The summed E-state index contributed by atoms with van der Waals surface area (Å²) in [6.07, 6.45) is 7.09. The number of hydrogen-bond donors (Lipinski definition) is 1. The summed E-state index contributed by atoms with van der Waals surface area (Å²) in [5.41, 5.74) is 1.45. The fourth-order valence-electron chi connectivity index (χ4n) is 2.27. The van der Waals surface area contributed by atoms with Gasteiger partial charge in [-0.1, -0.05) is 37.3 Å². The van der Waals surface area contributed by atoms with Crippen LogP contribution in [0.15, 0.2) is 30.3 Å². The molecule has 0 bridgehead atoms. The number of nitrogens with one attached hydrogen (secondary N) is 1. The van der Waals surface area contributed by atoms with Crippen LogP contribution in [0.1, 0.15) is 51.5 Å². The van der Waals surface area contributed by atoms with Gasteiger partial charge in [0.2, 0.25) is 0 Å². The minimum Gasteiger partial charge on any atom is -0.314 e. The Morgan fingerprint density at radius 1 is 1.16 bits per heavy atom. The molecule has 1 rings (SSSR count). The van der Waals surface area contributed by atoms with E-state index >= 15 is 0 Å². The van der Waals surface area contributed by atoms with Crippen LogP contribution >= 0.6 is 0 Å². The van der Waals surface area contributed by atoms with Crippen LogP contribution in [0.5, 0.6) is 0 Å². The standard InChI is InChI=1S/C18H27N/c1-3-5-7-14-18(19-16-4-2)15-10-13-17-11-8-6-9-12-17/h6,8-9,11-12,18-19H,4,7,10,13-16H2,1-2H3. The lowest BCUT2D eigenvalue weighted by Gasteiger charge is -2.17. The Balaban J connectivity index is 2.27. The largest absolute Gasteiger partial charge is 0.314 e. The molecule has 0 fully saturated rings. The lowest BCUT2D eigenvalue weighted by Crippen LogP contribution is -2.29. The van der Waals surface area contributed by atoms with Crippen LogP contribution in [0.2, 0.25) is 0 Å². The Labute approximate surface area is 118 Å². The maximum atomic E-state index is 3.65. The van der Waals surface area contributed by atoms with Gasteiger partial charge in [-0.3, -0.25) is 0 Å². The second kappa shape index (κ2) is 10.6. The summed E-state index contributed by atoms with van der Waals surface area (Å²) in [7, 11) is 0. The van der Waals surface area contributed by atoms with Gasteiger partial charge >= 0.3 is 0 Å². The average Bonchev–Trinajstić information content (AvgIpc) is 2.45. The van der Waals surface area contributed by atoms with Crippen molar-refractivity contribution in [2.75, 3.05) is 6.54 Å². The van der Waals surface area contributed by atoms with Crippen molar-refractivity contribution in [1.82, 2.24) is 5.32 Å². The van der Waals surface area contributed by atoms with Crippen LogP contribution in [0, 0.1) is 11.8 Å². The SMILES string of the molecule is CC#CCCC(CCCc1ccccc1)NCCC. The third kappa shape index (κ3) is 7.70. The van der Waals surface area contributed by atoms with Crippen molar-refractivity contribution in [2.24, 2.45) is 0 Å². The van der Waals surface area contributed by atoms with Crippen molar-refractivity contribution in [2.45, 2.75) is 58.4 Å². The number of rotatable bonds is 9. The van der Waals surface area contributed by atoms with Crippen molar-refractivity contribution in [3.63, 3.8) is 0 Å². The van der Waals surface area contributed by atoms with Crippen LogP contribution < -0.4 is 5.32 Å². The van der Waals surface area contributed by atoms with Gasteiger partial charge in [-0.25, -0.2) is 0 Å². The van der Waals surface area contributed by atoms with E-state index in [0.717, 1.165) is 13.0 Å². The molecule has 1 nitrogen and oxygen atoms in total. The van der Waals surface area contributed by atoms with Crippen LogP contribution in [0.3, 0.4) is 0 Å². The molecule has 0 radical (unpaired) electrons. The zero-order valence-electron chi connectivity index (χ0n) is 12.4. The molecule has 0 aliphatic carbocycles. The molecule has 1 N–H and O–H groups in total. The quantitative estimate of drug-likeness (QED) is 0.654. The summed E-state index contributed by atoms with van der Waals surface area (Å²) in [6.45, 7) is 5.26. The topological polar surface area (TPSA) is 12.0 Å². The second-order valence-electron chi connectivity index (χ2n) is 4.99. The van der Waals surface area contributed by atoms with Gasteiger partial charge in [0.15, 0.2) is 0 Å². The van der Waals surface area contributed by atoms with Gasteiger partial charge in [0.1, 0.15) is 0 Å². The van der Waals surface area contributed by atoms with E-state index in [1.165, 1.54) is 37.7 Å². The molecule has 1 aromatic carbocycles. The Bertz CT molecular complexity index is 372. The van der Waals surface area contributed by atoms with E-state index in [2.05, 4.69) is 54.4 Å². The maximum absolute atomic E-state index is 3.65. The van der Waals surface area contributed by atoms with Crippen LogP contribution in [0.25, 0.3) is 0 Å². The molecule has 1 unspecified atom stereocenters. The van der Waals surface area contributed by atoms with Crippen molar-refractivity contribution < 1.29 is 0 Å². The van der Waals surface area contributed by atoms with E-state index in [4.69, 9.17) is 0 Å². The van der Waals surface area contributed by atoms with E-state index in [1.807, 2.05) is 6.92 Å². The van der Waals surface area contributed by atoms with Crippen molar-refractivity contribution in [3.8, 4) is 11.8 Å². The molecule has 1 atom stereocenters. The van der Waals surface area contributed by atoms with Gasteiger partial charge in [0.25, 0.3) is 0 Å². The summed E-state index contributed by atoms with van der Waals surface area (Å²) >= 11 is 0. The number of benzene rings is 1. The molecule has 1 heteroatoms. The van der Waals surface area contributed by atoms with Gasteiger partial charge in [-0.2, -0.15) is 0 Å². The third-order valence-electron chi connectivity index (χ3n) is 3.34. The van der Waals surface area contributed by atoms with Crippen LogP contribution in [-0.2, 0) is 6.42 Å². The van der Waals surface area contributed by atoms with E-state index in [1.54, 1.807) is 0 Å². The normalized spacial score (nSPS) is 11.7. The van der Waals surface area contributed by atoms with Crippen LogP contribution in [-0.4, -0.2) is 12.6 Å². The predicted octanol–water partition coefficient (Wildman–Crippen LogP) is 4.18. The lowest BCUT2D eigenvalue weighted by atomic mass is 10.0. The number of hydrogen-bond acceptors (Lipinski definition) is 1. The minimum atomic E-state index is 0.629. The molecule has 0 amide bonds. The van der Waals surface area contributed by atoms with Crippen molar-refractivity contribution in [3.05, 3.63) is 35.9 Å². The first-order chi connectivity index (χ1) is 9.36. The summed E-state index contributed by atoms with van der Waals surface area (Å²) < 4.78 is 0.